The number of hydrogen-bond donors (Lipinski definition) is 2. The summed E-state index contributed by atoms with van der Waals surface area (Å²) in [5, 5.41) is 5.32. The summed E-state index contributed by atoms with van der Waals surface area (Å²) in [6.07, 6.45) is 3.65. The molecular weight excluding hydrogens is 312 g/mol. The van der Waals surface area contributed by atoms with Gasteiger partial charge in [-0.15, -0.1) is 0 Å². The largest absolute Gasteiger partial charge is 0.462 e. The smallest absolute Gasteiger partial charge is 0.336 e. The fourth-order valence-electron chi connectivity index (χ4n) is 1.82. The number of carbonyl (C=O) groups is 3. The molecular formula is C17H16N2O5. The summed E-state index contributed by atoms with van der Waals surface area (Å²) in [6.45, 7) is 3.64. The van der Waals surface area contributed by atoms with E-state index >= 15 is 0 Å². The molecule has 2 N–H and O–H groups in total. The van der Waals surface area contributed by atoms with Gasteiger partial charge in [0.05, 0.1) is 6.61 Å². The van der Waals surface area contributed by atoms with E-state index in [9.17, 15) is 14.4 Å². The van der Waals surface area contributed by atoms with Crippen molar-refractivity contribution in [1.29, 1.82) is 0 Å². The van der Waals surface area contributed by atoms with Crippen LogP contribution in [0.15, 0.2) is 66.7 Å². The van der Waals surface area contributed by atoms with Crippen molar-refractivity contribution in [2.45, 2.75) is 6.42 Å². The quantitative estimate of drug-likeness (QED) is 0.462. The Morgan fingerprint density at radius 1 is 1.08 bits per heavy atom. The van der Waals surface area contributed by atoms with Gasteiger partial charge < -0.3 is 20.1 Å². The predicted molar refractivity (Wildman–Crippen MR) is 85.3 cm³/mol. The Kier molecular flexibility index (Phi) is 5.90. The number of benzene rings is 1. The van der Waals surface area contributed by atoms with E-state index in [2.05, 4.69) is 17.2 Å². The van der Waals surface area contributed by atoms with Crippen molar-refractivity contribution < 1.29 is 23.9 Å². The summed E-state index contributed by atoms with van der Waals surface area (Å²) in [7, 11) is 0. The number of amides is 1. The van der Waals surface area contributed by atoms with Crippen molar-refractivity contribution in [2.24, 2.45) is 0 Å². The minimum atomic E-state index is -0.681. The second kappa shape index (κ2) is 8.33. The van der Waals surface area contributed by atoms with Gasteiger partial charge in [0, 0.05) is 30.3 Å². The molecule has 0 radical (unpaired) electrons. The molecule has 0 spiro atoms. The molecule has 24 heavy (non-hydrogen) atoms. The molecule has 0 bridgehead atoms. The van der Waals surface area contributed by atoms with E-state index in [4.69, 9.17) is 9.47 Å². The van der Waals surface area contributed by atoms with Crippen molar-refractivity contribution in [2.75, 3.05) is 6.61 Å². The number of para-hydroxylation sites is 1. The third-order valence-electron chi connectivity index (χ3n) is 2.82. The van der Waals surface area contributed by atoms with Crippen molar-refractivity contribution in [3.8, 4) is 5.75 Å². The highest BCUT2D eigenvalue weighted by Gasteiger charge is 2.11. The molecule has 124 valence electrons. The molecule has 1 aromatic carbocycles. The van der Waals surface area contributed by atoms with E-state index in [1.165, 1.54) is 6.08 Å². The van der Waals surface area contributed by atoms with Crippen LogP contribution in [0.4, 0.5) is 0 Å². The highest BCUT2D eigenvalue weighted by molar-refractivity contribution is 5.92. The van der Waals surface area contributed by atoms with E-state index in [0.29, 0.717) is 23.7 Å². The fraction of sp³-hybridized carbons (Fsp3) is 0.118. The Labute approximate surface area is 138 Å². The fourth-order valence-corrected chi connectivity index (χ4v) is 1.82. The van der Waals surface area contributed by atoms with Gasteiger partial charge >= 0.3 is 11.9 Å². The second-order valence-corrected chi connectivity index (χ2v) is 4.75. The zero-order valence-corrected chi connectivity index (χ0v) is 12.8. The summed E-state index contributed by atoms with van der Waals surface area (Å²) in [6, 6.07) is 8.49. The van der Waals surface area contributed by atoms with E-state index in [1.807, 2.05) is 0 Å². The summed E-state index contributed by atoms with van der Waals surface area (Å²) in [4.78, 5) is 34.3. The number of hydrogen-bond acceptors (Lipinski definition) is 6. The Hall–Kier alpha value is -3.35. The first-order valence-electron chi connectivity index (χ1n) is 7.12. The molecule has 1 aliphatic heterocycles. The Morgan fingerprint density at radius 3 is 2.50 bits per heavy atom. The molecule has 0 saturated carbocycles. The van der Waals surface area contributed by atoms with Crippen molar-refractivity contribution in [3.63, 3.8) is 0 Å². The van der Waals surface area contributed by atoms with Crippen LogP contribution in [0, 0.1) is 0 Å². The van der Waals surface area contributed by atoms with Crippen LogP contribution in [-0.4, -0.2) is 24.5 Å². The maximum Gasteiger partial charge on any atom is 0.336 e. The third kappa shape index (κ3) is 5.80. The molecule has 7 nitrogen and oxygen atoms in total. The molecule has 0 aliphatic carbocycles. The lowest BCUT2D eigenvalue weighted by Gasteiger charge is -2.18. The topological polar surface area (TPSA) is 93.7 Å². The van der Waals surface area contributed by atoms with Gasteiger partial charge in [-0.25, -0.2) is 9.59 Å². The van der Waals surface area contributed by atoms with Gasteiger partial charge in [0.25, 0.3) is 5.91 Å². The molecule has 7 heteroatoms. The van der Waals surface area contributed by atoms with E-state index in [0.717, 1.165) is 12.2 Å². The van der Waals surface area contributed by atoms with E-state index in [-0.39, 0.29) is 12.5 Å². The Bertz CT molecular complexity index is 707. The van der Waals surface area contributed by atoms with Crippen LogP contribution in [0.2, 0.25) is 0 Å². The van der Waals surface area contributed by atoms with Gasteiger partial charge in [-0.3, -0.25) is 4.79 Å². The normalized spacial score (nSPS) is 13.8. The first kappa shape index (κ1) is 17.0. The zero-order chi connectivity index (χ0) is 17.4. The number of carbonyl (C=O) groups excluding carboxylic acids is 3. The number of esters is 2. The van der Waals surface area contributed by atoms with Gasteiger partial charge in [-0.2, -0.15) is 0 Å². The molecule has 0 aromatic heterocycles. The molecule has 1 aromatic rings. The average molecular weight is 328 g/mol. The number of ether oxygens (including phenoxy) is 2. The summed E-state index contributed by atoms with van der Waals surface area (Å²) < 4.78 is 9.92. The maximum absolute atomic E-state index is 11.5. The second-order valence-electron chi connectivity index (χ2n) is 4.75. The summed E-state index contributed by atoms with van der Waals surface area (Å²) >= 11 is 0. The Morgan fingerprint density at radius 2 is 1.79 bits per heavy atom. The van der Waals surface area contributed by atoms with Crippen LogP contribution in [0.3, 0.4) is 0 Å². The first-order valence-corrected chi connectivity index (χ1v) is 7.12. The van der Waals surface area contributed by atoms with Crippen molar-refractivity contribution in [1.82, 2.24) is 10.6 Å². The molecule has 0 saturated heterocycles. The molecule has 1 heterocycles. The van der Waals surface area contributed by atoms with Crippen LogP contribution >= 0.6 is 0 Å². The predicted octanol–water partition coefficient (Wildman–Crippen LogP) is 1.16. The van der Waals surface area contributed by atoms with Crippen molar-refractivity contribution >= 4 is 17.8 Å². The standard InChI is InChI=1S/C17H16N2O5/c1-12-18-13(11-15(20)19-12)9-10-23-16(21)7-8-17(22)24-14-5-3-2-4-6-14/h2-8,11,18H,1,9-10H2,(H,19,20)/b8-7+. The summed E-state index contributed by atoms with van der Waals surface area (Å²) in [5.41, 5.74) is 0.587. The molecule has 1 amide bonds. The Balaban J connectivity index is 1.72. The lowest BCUT2D eigenvalue weighted by atomic mass is 10.2. The van der Waals surface area contributed by atoms with E-state index < -0.39 is 11.9 Å². The molecule has 0 unspecified atom stereocenters. The minimum Gasteiger partial charge on any atom is -0.462 e. The molecule has 0 atom stereocenters. The van der Waals surface area contributed by atoms with Gasteiger partial charge in [0.15, 0.2) is 0 Å². The van der Waals surface area contributed by atoms with Crippen LogP contribution in [0.1, 0.15) is 6.42 Å². The highest BCUT2D eigenvalue weighted by atomic mass is 16.5. The van der Waals surface area contributed by atoms with Gasteiger partial charge in [-0.05, 0) is 12.1 Å². The zero-order valence-electron chi connectivity index (χ0n) is 12.8. The van der Waals surface area contributed by atoms with Gasteiger partial charge in [0.1, 0.15) is 11.6 Å². The van der Waals surface area contributed by atoms with Gasteiger partial charge in [-0.1, -0.05) is 24.8 Å². The molecule has 1 aliphatic rings. The first-order chi connectivity index (χ1) is 11.5. The SMILES string of the molecule is C=C1NC(=O)C=C(CCOC(=O)/C=C/C(=O)Oc2ccccc2)N1. The van der Waals surface area contributed by atoms with Crippen LogP contribution in [-0.2, 0) is 19.1 Å². The van der Waals surface area contributed by atoms with Crippen LogP contribution < -0.4 is 15.4 Å². The van der Waals surface area contributed by atoms with Crippen LogP contribution in [0.25, 0.3) is 0 Å². The van der Waals surface area contributed by atoms with Crippen LogP contribution in [0.5, 0.6) is 5.75 Å². The van der Waals surface area contributed by atoms with E-state index in [1.54, 1.807) is 30.3 Å². The number of nitrogens with one attached hydrogen (secondary N) is 2. The molecule has 2 rings (SSSR count). The minimum absolute atomic E-state index is 0.0519. The lowest BCUT2D eigenvalue weighted by Crippen LogP contribution is -2.35. The molecule has 0 fully saturated rings. The lowest BCUT2D eigenvalue weighted by molar-refractivity contribution is -0.138. The maximum atomic E-state index is 11.5. The number of rotatable bonds is 6. The highest BCUT2D eigenvalue weighted by Crippen LogP contribution is 2.08. The average Bonchev–Trinajstić information content (AvgIpc) is 2.53. The monoisotopic (exact) mass is 328 g/mol. The summed E-state index contributed by atoms with van der Waals surface area (Å²) in [5.74, 6) is -0.896. The van der Waals surface area contributed by atoms with Crippen molar-refractivity contribution in [3.05, 3.63) is 66.7 Å². The van der Waals surface area contributed by atoms with Gasteiger partial charge in [0.2, 0.25) is 0 Å². The third-order valence-corrected chi connectivity index (χ3v) is 2.82.